The normalized spacial score (nSPS) is 11.5. The number of aromatic amines is 2. The third kappa shape index (κ3) is 3.20. The summed E-state index contributed by atoms with van der Waals surface area (Å²) in [5, 5.41) is 18.9. The number of nitrogens with one attached hydrogen (secondary N) is 2. The lowest BCUT2D eigenvalue weighted by atomic mass is 10.0. The molecule has 6 aromatic rings. The number of aromatic nitrogens is 6. The Kier molecular flexibility index (Phi) is 4.19. The van der Waals surface area contributed by atoms with Crippen molar-refractivity contribution >= 4 is 22.1 Å². The highest BCUT2D eigenvalue weighted by Gasteiger charge is 2.16. The van der Waals surface area contributed by atoms with Crippen LogP contribution in [0.1, 0.15) is 5.56 Å². The number of hydrogen-bond donors (Lipinski definition) is 3. The minimum atomic E-state index is -0.505. The number of fused-ring (bicyclic) bond motifs is 2. The monoisotopic (exact) mass is 436 g/mol. The van der Waals surface area contributed by atoms with Gasteiger partial charge in [0.15, 0.2) is 5.65 Å². The predicted molar refractivity (Wildman–Crippen MR) is 124 cm³/mol. The summed E-state index contributed by atoms with van der Waals surface area (Å²) in [5.74, 6) is -0.635. The van der Waals surface area contributed by atoms with E-state index in [1.807, 2.05) is 31.3 Å². The third-order valence-corrected chi connectivity index (χ3v) is 5.75. The van der Waals surface area contributed by atoms with Gasteiger partial charge in [-0.25, -0.2) is 14.4 Å². The van der Waals surface area contributed by atoms with E-state index in [1.54, 1.807) is 24.7 Å². The second-order valence-corrected chi connectivity index (χ2v) is 7.89. The number of aryl methyl sites for hydroxylation is 1. The van der Waals surface area contributed by atoms with E-state index < -0.39 is 5.82 Å². The first kappa shape index (κ1) is 19.1. The van der Waals surface area contributed by atoms with Gasteiger partial charge in [-0.05, 0) is 60.0 Å². The molecule has 0 aliphatic rings. The van der Waals surface area contributed by atoms with Crippen molar-refractivity contribution in [2.45, 2.75) is 6.92 Å². The Labute approximate surface area is 187 Å². The van der Waals surface area contributed by atoms with Gasteiger partial charge in [0.1, 0.15) is 17.2 Å². The number of benzene rings is 1. The molecule has 0 atom stereocenters. The fraction of sp³-hybridized carbons (Fsp3) is 0.0400. The maximum atomic E-state index is 13.9. The highest BCUT2D eigenvalue weighted by molar-refractivity contribution is 6.00. The van der Waals surface area contributed by atoms with E-state index >= 15 is 0 Å². The number of halogens is 1. The van der Waals surface area contributed by atoms with Crippen LogP contribution in [0.4, 0.5) is 4.39 Å². The van der Waals surface area contributed by atoms with Gasteiger partial charge < -0.3 is 10.1 Å². The maximum absolute atomic E-state index is 13.9. The molecule has 0 amide bonds. The van der Waals surface area contributed by atoms with Gasteiger partial charge in [-0.1, -0.05) is 0 Å². The Bertz CT molecular complexity index is 1650. The number of hydrogen-bond acceptors (Lipinski definition) is 5. The van der Waals surface area contributed by atoms with Crippen molar-refractivity contribution in [2.75, 3.05) is 0 Å². The minimum absolute atomic E-state index is 0.130. The molecule has 7 nitrogen and oxygen atoms in total. The molecule has 5 heterocycles. The molecule has 0 radical (unpaired) electrons. The quantitative estimate of drug-likeness (QED) is 0.345. The molecule has 0 saturated carbocycles. The first-order valence-electron chi connectivity index (χ1n) is 10.3. The van der Waals surface area contributed by atoms with Crippen molar-refractivity contribution in [3.63, 3.8) is 0 Å². The largest absolute Gasteiger partial charge is 0.508 e. The Morgan fingerprint density at radius 1 is 0.879 bits per heavy atom. The molecule has 1 aromatic carbocycles. The van der Waals surface area contributed by atoms with Crippen molar-refractivity contribution in [1.82, 2.24) is 30.1 Å². The van der Waals surface area contributed by atoms with Crippen molar-refractivity contribution in [2.24, 2.45) is 0 Å². The molecular weight excluding hydrogens is 419 g/mol. The van der Waals surface area contributed by atoms with Crippen LogP contribution in [0.2, 0.25) is 0 Å². The Morgan fingerprint density at radius 2 is 1.79 bits per heavy atom. The smallest absolute Gasteiger partial charge is 0.181 e. The summed E-state index contributed by atoms with van der Waals surface area (Å²) in [4.78, 5) is 16.5. The van der Waals surface area contributed by atoms with Crippen LogP contribution in [0.25, 0.3) is 55.7 Å². The first-order valence-corrected chi connectivity index (χ1v) is 10.3. The van der Waals surface area contributed by atoms with E-state index in [2.05, 4.69) is 30.1 Å². The number of H-pyrrole nitrogens is 2. The summed E-state index contributed by atoms with van der Waals surface area (Å²) in [6.07, 6.45) is 7.03. The minimum Gasteiger partial charge on any atom is -0.508 e. The van der Waals surface area contributed by atoms with Gasteiger partial charge in [-0.15, -0.1) is 0 Å². The highest BCUT2D eigenvalue weighted by Crippen LogP contribution is 2.35. The summed E-state index contributed by atoms with van der Waals surface area (Å²) in [5.41, 5.74) is 7.16. The number of phenolic OH excluding ortho intramolecular Hbond substituents is 1. The van der Waals surface area contributed by atoms with Crippen LogP contribution in [-0.4, -0.2) is 35.2 Å². The summed E-state index contributed by atoms with van der Waals surface area (Å²) in [7, 11) is 0. The van der Waals surface area contributed by atoms with Crippen LogP contribution in [0, 0.1) is 12.7 Å². The van der Waals surface area contributed by atoms with Gasteiger partial charge in [0, 0.05) is 52.8 Å². The number of nitrogens with zero attached hydrogens (tertiary/aromatic N) is 4. The molecule has 0 spiro atoms. The summed E-state index contributed by atoms with van der Waals surface area (Å²) in [6.45, 7) is 2.03. The van der Waals surface area contributed by atoms with Crippen LogP contribution in [0.15, 0.2) is 67.3 Å². The molecule has 6 rings (SSSR count). The average molecular weight is 436 g/mol. The summed E-state index contributed by atoms with van der Waals surface area (Å²) >= 11 is 0. The second-order valence-electron chi connectivity index (χ2n) is 7.89. The topological polar surface area (TPSA) is 103 Å². The molecule has 0 aliphatic carbocycles. The average Bonchev–Trinajstić information content (AvgIpc) is 3.42. The van der Waals surface area contributed by atoms with Gasteiger partial charge in [-0.3, -0.25) is 10.1 Å². The Balaban J connectivity index is 1.52. The Hall–Kier alpha value is -4.59. The zero-order valence-corrected chi connectivity index (χ0v) is 17.5. The molecule has 5 aromatic heterocycles. The second kappa shape index (κ2) is 7.23. The van der Waals surface area contributed by atoms with E-state index in [0.717, 1.165) is 50.5 Å². The highest BCUT2D eigenvalue weighted by atomic mass is 19.1. The van der Waals surface area contributed by atoms with Crippen LogP contribution >= 0.6 is 0 Å². The van der Waals surface area contributed by atoms with Crippen LogP contribution in [0.5, 0.6) is 5.75 Å². The molecule has 33 heavy (non-hydrogen) atoms. The van der Waals surface area contributed by atoms with Crippen molar-refractivity contribution in [1.29, 1.82) is 0 Å². The van der Waals surface area contributed by atoms with Gasteiger partial charge in [0.25, 0.3) is 0 Å². The number of aromatic hydroxyl groups is 1. The lowest BCUT2D eigenvalue weighted by Gasteiger charge is -2.04. The number of phenols is 1. The molecule has 0 unspecified atom stereocenters. The van der Waals surface area contributed by atoms with Gasteiger partial charge in [0.05, 0.1) is 11.4 Å². The maximum Gasteiger partial charge on any atom is 0.181 e. The zero-order chi connectivity index (χ0) is 22.5. The van der Waals surface area contributed by atoms with E-state index in [9.17, 15) is 9.50 Å². The lowest BCUT2D eigenvalue weighted by Crippen LogP contribution is -1.87. The van der Waals surface area contributed by atoms with E-state index in [1.165, 1.54) is 12.1 Å². The zero-order valence-electron chi connectivity index (χ0n) is 17.5. The van der Waals surface area contributed by atoms with Crippen LogP contribution in [0.3, 0.4) is 0 Å². The third-order valence-electron chi connectivity index (χ3n) is 5.75. The molecular formula is C25H17FN6O. The predicted octanol–water partition coefficient (Wildman–Crippen LogP) is 5.38. The van der Waals surface area contributed by atoms with Crippen LogP contribution in [-0.2, 0) is 0 Å². The molecule has 0 fully saturated rings. The Morgan fingerprint density at radius 3 is 2.64 bits per heavy atom. The fourth-order valence-electron chi connectivity index (χ4n) is 4.16. The van der Waals surface area contributed by atoms with Crippen molar-refractivity contribution < 1.29 is 9.50 Å². The number of pyridine rings is 3. The summed E-state index contributed by atoms with van der Waals surface area (Å²) < 4.78 is 13.9. The van der Waals surface area contributed by atoms with E-state index in [4.69, 9.17) is 0 Å². The van der Waals surface area contributed by atoms with Crippen molar-refractivity contribution in [3.05, 3.63) is 78.6 Å². The fourth-order valence-corrected chi connectivity index (χ4v) is 4.16. The van der Waals surface area contributed by atoms with Crippen LogP contribution < -0.4 is 0 Å². The molecule has 8 heteroatoms. The van der Waals surface area contributed by atoms with Gasteiger partial charge in [-0.2, -0.15) is 5.10 Å². The SMILES string of the molecule is Cc1ccncc1-c1cnc2n[nH]c(-c3cc4c(-c5cc(O)cc(F)c5)ccnc4[nH]3)c2c1. The van der Waals surface area contributed by atoms with Gasteiger partial charge in [0.2, 0.25) is 0 Å². The van der Waals surface area contributed by atoms with E-state index in [-0.39, 0.29) is 5.75 Å². The van der Waals surface area contributed by atoms with Gasteiger partial charge >= 0.3 is 0 Å². The number of rotatable bonds is 3. The standard InChI is InChI=1S/C25H17FN6O/c1-13-2-4-27-12-21(13)15-8-20-23(31-32-25(20)29-11-15)22-10-19-18(3-5-28-24(19)30-22)14-6-16(26)9-17(33)7-14/h2-12,33H,1H3,(H,28,30)(H,29,31,32). The molecule has 0 aliphatic heterocycles. The molecule has 3 N–H and O–H groups in total. The lowest BCUT2D eigenvalue weighted by molar-refractivity contribution is 0.469. The summed E-state index contributed by atoms with van der Waals surface area (Å²) in [6, 6.07) is 11.7. The first-order chi connectivity index (χ1) is 16.1. The van der Waals surface area contributed by atoms with E-state index in [0.29, 0.717) is 16.9 Å². The molecule has 160 valence electrons. The molecule has 0 bridgehead atoms. The van der Waals surface area contributed by atoms with Crippen molar-refractivity contribution in [3.8, 4) is 39.4 Å². The molecule has 0 saturated heterocycles.